The predicted octanol–water partition coefficient (Wildman–Crippen LogP) is 1.60. The minimum absolute atomic E-state index is 0.0360. The third-order valence-corrected chi connectivity index (χ3v) is 4.35. The Balaban J connectivity index is 2.32. The second-order valence-electron chi connectivity index (χ2n) is 8.44. The number of hydrogen-bond acceptors (Lipinski definition) is 5. The molecular formula is C21H39N5O4. The van der Waals surface area contributed by atoms with E-state index in [0.717, 1.165) is 38.3 Å². The number of nitrogens with one attached hydrogen (secondary N) is 2. The summed E-state index contributed by atoms with van der Waals surface area (Å²) < 4.78 is 11.1. The van der Waals surface area contributed by atoms with Crippen LogP contribution in [0.3, 0.4) is 0 Å². The summed E-state index contributed by atoms with van der Waals surface area (Å²) in [5.41, 5.74) is -0.489. The summed E-state index contributed by atoms with van der Waals surface area (Å²) in [6.07, 6.45) is 4.06. The largest absolute Gasteiger partial charge is 0.444 e. The number of aliphatic imine (C=N–C) groups is 1. The number of carbonyl (C=O) groups is 2. The zero-order valence-corrected chi connectivity index (χ0v) is 19.2. The van der Waals surface area contributed by atoms with Crippen LogP contribution in [-0.2, 0) is 14.3 Å². The van der Waals surface area contributed by atoms with E-state index in [-0.39, 0.29) is 18.6 Å². The van der Waals surface area contributed by atoms with E-state index in [1.165, 1.54) is 4.90 Å². The molecule has 1 heterocycles. The molecule has 2 N–H and O–H groups in total. The molecule has 30 heavy (non-hydrogen) atoms. The van der Waals surface area contributed by atoms with E-state index in [1.54, 1.807) is 20.2 Å². The summed E-state index contributed by atoms with van der Waals surface area (Å²) >= 11 is 0. The highest BCUT2D eigenvalue weighted by Gasteiger charge is 2.22. The first kappa shape index (κ1) is 25.7. The maximum Gasteiger partial charge on any atom is 0.407 e. The van der Waals surface area contributed by atoms with Gasteiger partial charge in [0.2, 0.25) is 5.91 Å². The Morgan fingerprint density at radius 3 is 2.47 bits per heavy atom. The Bertz CT molecular complexity index is 578. The number of hydrogen-bond donors (Lipinski definition) is 2. The van der Waals surface area contributed by atoms with Gasteiger partial charge in [-0.3, -0.25) is 4.79 Å². The SMILES string of the molecule is C=CCNC(=NCC(=O)N(C)C)N1CCC(OCCCNC(=O)OC(C)(C)C)CC1. The number of amides is 2. The van der Waals surface area contributed by atoms with Crippen molar-refractivity contribution in [3.63, 3.8) is 0 Å². The summed E-state index contributed by atoms with van der Waals surface area (Å²) in [5, 5.41) is 5.97. The molecule has 0 bridgehead atoms. The molecule has 1 fully saturated rings. The van der Waals surface area contributed by atoms with E-state index in [1.807, 2.05) is 20.8 Å². The first-order chi connectivity index (χ1) is 14.1. The number of likely N-dealkylation sites (N-methyl/N-ethyl adjacent to an activating group) is 1. The monoisotopic (exact) mass is 425 g/mol. The van der Waals surface area contributed by atoms with Crippen molar-refractivity contribution in [3.8, 4) is 0 Å². The zero-order chi connectivity index (χ0) is 22.6. The highest BCUT2D eigenvalue weighted by Crippen LogP contribution is 2.14. The van der Waals surface area contributed by atoms with Gasteiger partial charge in [-0.05, 0) is 40.0 Å². The summed E-state index contributed by atoms with van der Waals surface area (Å²) in [6, 6.07) is 0. The average Bonchev–Trinajstić information content (AvgIpc) is 2.66. The molecular weight excluding hydrogens is 386 g/mol. The van der Waals surface area contributed by atoms with Crippen molar-refractivity contribution in [2.75, 3.05) is 53.4 Å². The smallest absolute Gasteiger partial charge is 0.407 e. The second-order valence-corrected chi connectivity index (χ2v) is 8.44. The van der Waals surface area contributed by atoms with Crippen LogP contribution in [-0.4, -0.2) is 92.9 Å². The van der Waals surface area contributed by atoms with Crippen LogP contribution in [0.5, 0.6) is 0 Å². The van der Waals surface area contributed by atoms with Gasteiger partial charge in [0.05, 0.1) is 6.10 Å². The van der Waals surface area contributed by atoms with E-state index in [0.29, 0.717) is 19.7 Å². The van der Waals surface area contributed by atoms with Crippen molar-refractivity contribution in [2.45, 2.75) is 51.7 Å². The Labute approximate surface area is 180 Å². The molecule has 0 unspecified atom stereocenters. The molecule has 0 spiro atoms. The quantitative estimate of drug-likeness (QED) is 0.252. The number of nitrogens with zero attached hydrogens (tertiary/aromatic N) is 3. The third kappa shape index (κ3) is 11.0. The van der Waals surface area contributed by atoms with Gasteiger partial charge in [-0.15, -0.1) is 6.58 Å². The highest BCUT2D eigenvalue weighted by atomic mass is 16.6. The molecule has 9 heteroatoms. The maximum atomic E-state index is 11.8. The van der Waals surface area contributed by atoms with Crippen molar-refractivity contribution < 1.29 is 19.1 Å². The predicted molar refractivity (Wildman–Crippen MR) is 119 cm³/mol. The molecule has 1 aliphatic heterocycles. The van der Waals surface area contributed by atoms with Crippen LogP contribution < -0.4 is 10.6 Å². The number of ether oxygens (including phenoxy) is 2. The minimum atomic E-state index is -0.489. The second kappa shape index (κ2) is 13.1. The van der Waals surface area contributed by atoms with E-state index in [9.17, 15) is 9.59 Å². The number of likely N-dealkylation sites (tertiary alicyclic amines) is 1. The first-order valence-electron chi connectivity index (χ1n) is 10.5. The summed E-state index contributed by atoms with van der Waals surface area (Å²) in [4.78, 5) is 31.6. The summed E-state index contributed by atoms with van der Waals surface area (Å²) in [7, 11) is 3.45. The maximum absolute atomic E-state index is 11.8. The molecule has 0 aromatic rings. The number of carbonyl (C=O) groups excluding carboxylic acids is 2. The Morgan fingerprint density at radius 2 is 1.90 bits per heavy atom. The average molecular weight is 426 g/mol. The van der Waals surface area contributed by atoms with Crippen molar-refractivity contribution >= 4 is 18.0 Å². The lowest BCUT2D eigenvalue weighted by molar-refractivity contribution is -0.127. The van der Waals surface area contributed by atoms with E-state index >= 15 is 0 Å². The highest BCUT2D eigenvalue weighted by molar-refractivity contribution is 5.85. The molecule has 2 amide bonds. The third-order valence-electron chi connectivity index (χ3n) is 4.35. The van der Waals surface area contributed by atoms with Crippen molar-refractivity contribution in [1.29, 1.82) is 0 Å². The van der Waals surface area contributed by atoms with Gasteiger partial charge in [0, 0.05) is 46.9 Å². The fourth-order valence-corrected chi connectivity index (χ4v) is 2.78. The van der Waals surface area contributed by atoms with Gasteiger partial charge in [-0.25, -0.2) is 9.79 Å². The van der Waals surface area contributed by atoms with Crippen LogP contribution in [0.2, 0.25) is 0 Å². The fourth-order valence-electron chi connectivity index (χ4n) is 2.78. The normalized spacial score (nSPS) is 15.5. The van der Waals surface area contributed by atoms with Gasteiger partial charge < -0.3 is 29.9 Å². The van der Waals surface area contributed by atoms with Crippen LogP contribution in [0.4, 0.5) is 4.79 Å². The standard InChI is InChI=1S/C21H39N5O4/c1-7-11-22-19(24-16-18(27)25(5)6)26-13-9-17(10-14-26)29-15-8-12-23-20(28)30-21(2,3)4/h7,17H,1,8-16H2,2-6H3,(H,22,24)(H,23,28). The van der Waals surface area contributed by atoms with Gasteiger partial charge >= 0.3 is 6.09 Å². The molecule has 172 valence electrons. The number of rotatable bonds is 9. The van der Waals surface area contributed by atoms with Crippen LogP contribution in [0.25, 0.3) is 0 Å². The van der Waals surface area contributed by atoms with Gasteiger partial charge in [0.1, 0.15) is 12.1 Å². The lowest BCUT2D eigenvalue weighted by atomic mass is 10.1. The molecule has 9 nitrogen and oxygen atoms in total. The molecule has 0 saturated carbocycles. The van der Waals surface area contributed by atoms with Crippen LogP contribution in [0.1, 0.15) is 40.0 Å². The number of piperidine rings is 1. The minimum Gasteiger partial charge on any atom is -0.444 e. The van der Waals surface area contributed by atoms with Crippen molar-refractivity contribution in [1.82, 2.24) is 20.4 Å². The number of alkyl carbamates (subject to hydrolysis) is 1. The summed E-state index contributed by atoms with van der Waals surface area (Å²) in [6.45, 7) is 12.7. The lowest BCUT2D eigenvalue weighted by Gasteiger charge is -2.34. The molecule has 0 aliphatic carbocycles. The molecule has 1 aliphatic rings. The topological polar surface area (TPSA) is 95.5 Å². The van der Waals surface area contributed by atoms with E-state index < -0.39 is 11.7 Å². The molecule has 0 atom stereocenters. The van der Waals surface area contributed by atoms with Crippen LogP contribution >= 0.6 is 0 Å². The van der Waals surface area contributed by atoms with E-state index in [2.05, 4.69) is 27.1 Å². The van der Waals surface area contributed by atoms with Gasteiger partial charge in [0.15, 0.2) is 5.96 Å². The zero-order valence-electron chi connectivity index (χ0n) is 19.2. The lowest BCUT2D eigenvalue weighted by Crippen LogP contribution is -2.47. The molecule has 1 saturated heterocycles. The van der Waals surface area contributed by atoms with Crippen LogP contribution in [0, 0.1) is 0 Å². The first-order valence-corrected chi connectivity index (χ1v) is 10.5. The Kier molecular flexibility index (Phi) is 11.2. The Hall–Kier alpha value is -2.29. The summed E-state index contributed by atoms with van der Waals surface area (Å²) in [5.74, 6) is 0.691. The van der Waals surface area contributed by atoms with Crippen molar-refractivity contribution in [2.24, 2.45) is 4.99 Å². The van der Waals surface area contributed by atoms with Gasteiger partial charge in [-0.1, -0.05) is 6.08 Å². The Morgan fingerprint density at radius 1 is 1.23 bits per heavy atom. The number of guanidine groups is 1. The van der Waals surface area contributed by atoms with E-state index in [4.69, 9.17) is 9.47 Å². The van der Waals surface area contributed by atoms with Crippen LogP contribution in [0.15, 0.2) is 17.6 Å². The van der Waals surface area contributed by atoms with Gasteiger partial charge in [0.25, 0.3) is 0 Å². The molecule has 0 aromatic carbocycles. The fraction of sp³-hybridized carbons (Fsp3) is 0.762. The van der Waals surface area contributed by atoms with Gasteiger partial charge in [-0.2, -0.15) is 0 Å². The molecule has 1 rings (SSSR count). The van der Waals surface area contributed by atoms with Crippen molar-refractivity contribution in [3.05, 3.63) is 12.7 Å². The molecule has 0 aromatic heterocycles. The molecule has 0 radical (unpaired) electrons.